The number of fused-ring (bicyclic) bond motifs is 1. The molecule has 2 aromatic carbocycles. The van der Waals surface area contributed by atoms with Crippen molar-refractivity contribution >= 4 is 34.0 Å². The Morgan fingerprint density at radius 1 is 0.947 bits per heavy atom. The molecule has 5 heteroatoms. The number of para-hydroxylation sites is 2. The highest BCUT2D eigenvalue weighted by Gasteiger charge is 2.08. The molecule has 1 aromatic heterocycles. The maximum atomic E-state index is 13.6. The number of anilines is 2. The standard InChI is InChI=1S/C14H9ClFN3/c15-14-18-11-7-3-1-5-9(11)13(19-14)17-12-8-4-2-6-10(12)16/h1-8H,(H,17,18,19). The second-order valence-electron chi connectivity index (χ2n) is 3.96. The van der Waals surface area contributed by atoms with E-state index in [9.17, 15) is 4.39 Å². The number of halogens is 2. The van der Waals surface area contributed by atoms with Gasteiger partial charge in [0.2, 0.25) is 5.28 Å². The molecular weight excluding hydrogens is 265 g/mol. The molecule has 0 atom stereocenters. The summed E-state index contributed by atoms with van der Waals surface area (Å²) in [6.45, 7) is 0. The molecule has 3 nitrogen and oxygen atoms in total. The zero-order chi connectivity index (χ0) is 13.2. The number of hydrogen-bond acceptors (Lipinski definition) is 3. The Kier molecular flexibility index (Phi) is 3.01. The predicted octanol–water partition coefficient (Wildman–Crippen LogP) is 4.17. The summed E-state index contributed by atoms with van der Waals surface area (Å²) in [6, 6.07) is 13.8. The molecule has 0 aliphatic heterocycles. The first-order valence-electron chi connectivity index (χ1n) is 5.68. The van der Waals surface area contributed by atoms with Gasteiger partial charge in [-0.1, -0.05) is 24.3 Å². The average Bonchev–Trinajstić information content (AvgIpc) is 2.41. The summed E-state index contributed by atoms with van der Waals surface area (Å²) in [7, 11) is 0. The molecule has 0 spiro atoms. The summed E-state index contributed by atoms with van der Waals surface area (Å²) in [5.41, 5.74) is 1.06. The van der Waals surface area contributed by atoms with Crippen molar-refractivity contribution in [3.63, 3.8) is 0 Å². The minimum absolute atomic E-state index is 0.123. The van der Waals surface area contributed by atoms with Crippen molar-refractivity contribution in [2.24, 2.45) is 0 Å². The summed E-state index contributed by atoms with van der Waals surface area (Å²) < 4.78 is 13.6. The van der Waals surface area contributed by atoms with Crippen molar-refractivity contribution in [2.75, 3.05) is 5.32 Å². The van der Waals surface area contributed by atoms with Gasteiger partial charge in [0.15, 0.2) is 0 Å². The Morgan fingerprint density at radius 2 is 1.68 bits per heavy atom. The lowest BCUT2D eigenvalue weighted by molar-refractivity contribution is 0.632. The van der Waals surface area contributed by atoms with Gasteiger partial charge in [0.05, 0.1) is 11.2 Å². The van der Waals surface area contributed by atoms with E-state index in [1.54, 1.807) is 18.2 Å². The highest BCUT2D eigenvalue weighted by atomic mass is 35.5. The van der Waals surface area contributed by atoms with Crippen LogP contribution in [0, 0.1) is 5.82 Å². The van der Waals surface area contributed by atoms with Gasteiger partial charge in [-0.05, 0) is 35.9 Å². The van der Waals surface area contributed by atoms with E-state index in [2.05, 4.69) is 15.3 Å². The molecule has 0 radical (unpaired) electrons. The Morgan fingerprint density at radius 3 is 2.53 bits per heavy atom. The molecule has 1 heterocycles. The van der Waals surface area contributed by atoms with Crippen molar-refractivity contribution in [1.82, 2.24) is 9.97 Å². The van der Waals surface area contributed by atoms with E-state index in [1.165, 1.54) is 6.07 Å². The number of rotatable bonds is 2. The van der Waals surface area contributed by atoms with E-state index in [1.807, 2.05) is 24.3 Å². The fourth-order valence-corrected chi connectivity index (χ4v) is 2.01. The van der Waals surface area contributed by atoms with E-state index in [0.717, 1.165) is 5.39 Å². The predicted molar refractivity (Wildman–Crippen MR) is 74.2 cm³/mol. The second-order valence-corrected chi connectivity index (χ2v) is 4.30. The Bertz CT molecular complexity index is 746. The molecule has 1 N–H and O–H groups in total. The first kappa shape index (κ1) is 11.9. The second kappa shape index (κ2) is 4.82. The number of hydrogen-bond donors (Lipinski definition) is 1. The first-order chi connectivity index (χ1) is 9.24. The largest absolute Gasteiger partial charge is 0.337 e. The smallest absolute Gasteiger partial charge is 0.224 e. The highest BCUT2D eigenvalue weighted by Crippen LogP contribution is 2.26. The van der Waals surface area contributed by atoms with Crippen LogP contribution in [0.4, 0.5) is 15.9 Å². The average molecular weight is 274 g/mol. The molecule has 0 saturated carbocycles. The van der Waals surface area contributed by atoms with Crippen molar-refractivity contribution in [3.05, 3.63) is 59.6 Å². The number of aromatic nitrogens is 2. The Labute approximate surface area is 114 Å². The van der Waals surface area contributed by atoms with Crippen LogP contribution in [-0.4, -0.2) is 9.97 Å². The highest BCUT2D eigenvalue weighted by molar-refractivity contribution is 6.28. The van der Waals surface area contributed by atoms with Crippen LogP contribution in [0.3, 0.4) is 0 Å². The molecule has 94 valence electrons. The van der Waals surface area contributed by atoms with E-state index < -0.39 is 0 Å². The van der Waals surface area contributed by atoms with Crippen LogP contribution in [0.5, 0.6) is 0 Å². The van der Waals surface area contributed by atoms with Crippen LogP contribution < -0.4 is 5.32 Å². The minimum Gasteiger partial charge on any atom is -0.337 e. The van der Waals surface area contributed by atoms with Gasteiger partial charge >= 0.3 is 0 Å². The lowest BCUT2D eigenvalue weighted by Gasteiger charge is -2.09. The molecule has 19 heavy (non-hydrogen) atoms. The fourth-order valence-electron chi connectivity index (χ4n) is 1.83. The van der Waals surface area contributed by atoms with E-state index in [0.29, 0.717) is 17.0 Å². The van der Waals surface area contributed by atoms with Crippen LogP contribution in [0.25, 0.3) is 10.9 Å². The van der Waals surface area contributed by atoms with Crippen molar-refractivity contribution < 1.29 is 4.39 Å². The van der Waals surface area contributed by atoms with Crippen LogP contribution in [0.15, 0.2) is 48.5 Å². The molecule has 0 amide bonds. The third-order valence-electron chi connectivity index (χ3n) is 2.70. The summed E-state index contributed by atoms with van der Waals surface area (Å²) in [4.78, 5) is 8.24. The summed E-state index contributed by atoms with van der Waals surface area (Å²) in [5.74, 6) is 0.141. The van der Waals surface area contributed by atoms with Gasteiger partial charge in [0.1, 0.15) is 11.6 Å². The molecule has 0 saturated heterocycles. The Hall–Kier alpha value is -2.20. The molecule has 0 bridgehead atoms. The zero-order valence-corrected chi connectivity index (χ0v) is 10.5. The fraction of sp³-hybridized carbons (Fsp3) is 0. The molecule has 0 fully saturated rings. The molecule has 0 aliphatic carbocycles. The van der Waals surface area contributed by atoms with Crippen LogP contribution in [0.1, 0.15) is 0 Å². The number of nitrogens with one attached hydrogen (secondary N) is 1. The lowest BCUT2D eigenvalue weighted by Crippen LogP contribution is -1.98. The third kappa shape index (κ3) is 2.35. The van der Waals surface area contributed by atoms with Crippen LogP contribution in [0.2, 0.25) is 5.28 Å². The monoisotopic (exact) mass is 273 g/mol. The molecular formula is C14H9ClFN3. The maximum Gasteiger partial charge on any atom is 0.224 e. The normalized spacial score (nSPS) is 10.6. The number of nitrogens with zero attached hydrogens (tertiary/aromatic N) is 2. The van der Waals surface area contributed by atoms with Crippen molar-refractivity contribution in [1.29, 1.82) is 0 Å². The summed E-state index contributed by atoms with van der Waals surface area (Å²) >= 11 is 5.87. The van der Waals surface area contributed by atoms with E-state index >= 15 is 0 Å². The maximum absolute atomic E-state index is 13.6. The lowest BCUT2D eigenvalue weighted by atomic mass is 10.2. The Balaban J connectivity index is 2.13. The number of benzene rings is 2. The SMILES string of the molecule is Fc1ccccc1Nc1nc(Cl)nc2ccccc12. The molecule has 0 unspecified atom stereocenters. The van der Waals surface area contributed by atoms with Gasteiger partial charge in [-0.3, -0.25) is 0 Å². The van der Waals surface area contributed by atoms with Gasteiger partial charge < -0.3 is 5.32 Å². The van der Waals surface area contributed by atoms with Gasteiger partial charge in [0, 0.05) is 5.39 Å². The van der Waals surface area contributed by atoms with Crippen LogP contribution in [-0.2, 0) is 0 Å². The van der Waals surface area contributed by atoms with E-state index in [-0.39, 0.29) is 11.1 Å². The molecule has 0 aliphatic rings. The van der Waals surface area contributed by atoms with E-state index in [4.69, 9.17) is 11.6 Å². The summed E-state index contributed by atoms with van der Waals surface area (Å²) in [5, 5.41) is 3.86. The van der Waals surface area contributed by atoms with Crippen molar-refractivity contribution in [2.45, 2.75) is 0 Å². The summed E-state index contributed by atoms with van der Waals surface area (Å²) in [6.07, 6.45) is 0. The zero-order valence-electron chi connectivity index (χ0n) is 9.77. The van der Waals surface area contributed by atoms with Gasteiger partial charge in [-0.25, -0.2) is 9.37 Å². The van der Waals surface area contributed by atoms with Gasteiger partial charge in [-0.2, -0.15) is 4.98 Å². The van der Waals surface area contributed by atoms with Gasteiger partial charge in [-0.15, -0.1) is 0 Å². The van der Waals surface area contributed by atoms with Crippen molar-refractivity contribution in [3.8, 4) is 0 Å². The van der Waals surface area contributed by atoms with Crippen LogP contribution >= 0.6 is 11.6 Å². The van der Waals surface area contributed by atoms with Gasteiger partial charge in [0.25, 0.3) is 0 Å². The topological polar surface area (TPSA) is 37.8 Å². The quantitative estimate of drug-likeness (QED) is 0.712. The minimum atomic E-state index is -0.346. The molecule has 3 rings (SSSR count). The molecule has 3 aromatic rings. The first-order valence-corrected chi connectivity index (χ1v) is 6.06. The third-order valence-corrected chi connectivity index (χ3v) is 2.87.